The van der Waals surface area contributed by atoms with E-state index in [0.717, 1.165) is 136 Å². The van der Waals surface area contributed by atoms with Gasteiger partial charge in [-0.2, -0.15) is 34.9 Å². The van der Waals surface area contributed by atoms with Crippen LogP contribution >= 0.6 is 124 Å². The van der Waals surface area contributed by atoms with Gasteiger partial charge in [-0.25, -0.2) is 0 Å². The number of hydrogen-bond acceptors (Lipinski definition) is 19. The second-order valence-corrected chi connectivity index (χ2v) is 40.6. The van der Waals surface area contributed by atoms with Crippen molar-refractivity contribution in [2.75, 3.05) is 19.6 Å². The number of aromatic nitrogens is 4. The zero-order valence-corrected chi connectivity index (χ0v) is 76.9. The molecule has 0 N–H and O–H groups in total. The minimum atomic E-state index is -0.446. The molecule has 18 rings (SSSR count). The first-order valence-corrected chi connectivity index (χ1v) is 51.2. The van der Waals surface area contributed by atoms with Crippen LogP contribution in [0.4, 0.5) is 22.7 Å². The Morgan fingerprint density at radius 1 is 0.353 bits per heavy atom. The second-order valence-electron chi connectivity index (χ2n) is 26.7. The molecule has 0 spiro atoms. The van der Waals surface area contributed by atoms with Gasteiger partial charge < -0.3 is 0 Å². The number of carbonyl (C=O) groups excluding carboxylic acids is 6. The molecule has 17 nitrogen and oxygen atoms in total. The van der Waals surface area contributed by atoms with Crippen molar-refractivity contribution in [2.45, 2.75) is 105 Å². The number of hydrogen-bond donors (Lipinski definition) is 0. The van der Waals surface area contributed by atoms with Gasteiger partial charge in [-0.05, 0) is 124 Å². The SMILES string of the molecule is Brc1c2c(c(Br)c3nsnc13)N=S=N2.CCCCCCN1C(=O)c2cc(-c3c4c(c(-c5cc6c(s5)C(=O)N(CCCCCC)C6=O)c5nsnc35)N=S=N4)sc2C1=O.CCCCCCN1C(=O)c2cc(C)sc2C1=O.[Cl][Pd][Cl].c1ccc(P(c2ccccc2)c2ccccc2)cc1.c1ccc(P(c2ccccc2)c2ccccc2)cc1. The van der Waals surface area contributed by atoms with Crippen LogP contribution in [0.15, 0.2) is 227 Å². The minimum Gasteiger partial charge on any atom is -0.0622 e. The molecule has 8 aromatic carbocycles. The largest absolute Gasteiger partial charge is 0.0622 e. The van der Waals surface area contributed by atoms with Gasteiger partial charge in [0.15, 0.2) is 0 Å². The van der Waals surface area contributed by atoms with Crippen molar-refractivity contribution in [3.05, 3.63) is 245 Å². The van der Waals surface area contributed by atoms with Crippen LogP contribution in [0.5, 0.6) is 0 Å². The van der Waals surface area contributed by atoms with Crippen LogP contribution in [-0.2, 0) is 38.6 Å². The Balaban J connectivity index is 0.000000136. The van der Waals surface area contributed by atoms with Crippen molar-refractivity contribution in [3.63, 3.8) is 0 Å². The minimum absolute atomic E-state index is 0.0976. The number of fused-ring (bicyclic) bond motifs is 7. The quantitative estimate of drug-likeness (QED) is 0.0256. The standard InChI is InChI=1S/C30H28N6O4S4.2C18H15P.C13H17NO2S.C6Br2N4S2.2ClH.Pd/c1-3-5-7-9-11-35-27(37)15-13-17(41-25(15)29(35)39)19-21-23(33-43-31-21)20(24-22(19)32-44-34-24)18-14-16-26(42-18)30(40)36(28(16)38)12-10-8-6-4-2;2*1-4-10-16(11-5-1)19(17-12-6-2-7-13-17)18-14-8-3-9-15-18;1-3-4-5-6-7-14-12(15)10-8-9(2)17-11(10)13(14)16;7-1-3-5(11-13-9-3)2(8)6-4(1)10-14-12-6;;;/h13-14H,3-12H2,1-2H3;2*1-15H;8H,3-7H2,1-2H3;;2*1H;/q;;;;;;;+2/p-2. The molecule has 0 radical (unpaired) electrons. The van der Waals surface area contributed by atoms with Crippen LogP contribution in [0, 0.1) is 6.92 Å². The molecule has 0 saturated heterocycles. The summed E-state index contributed by atoms with van der Waals surface area (Å²) in [5.41, 5.74) is 8.49. The summed E-state index contributed by atoms with van der Waals surface area (Å²) >= 11 is 15.2. The van der Waals surface area contributed by atoms with Gasteiger partial charge in [0.1, 0.15) is 59.4 Å². The maximum atomic E-state index is 13.2. The average molecular weight is 1970 g/mol. The molecule has 0 bridgehead atoms. The number of amides is 6. The van der Waals surface area contributed by atoms with Crippen LogP contribution in [0.2, 0.25) is 0 Å². The van der Waals surface area contributed by atoms with Crippen molar-refractivity contribution >= 4 is 259 Å². The van der Waals surface area contributed by atoms with Gasteiger partial charge >= 0.3 is 35.0 Å². The number of rotatable bonds is 23. The monoisotopic (exact) mass is 1970 g/mol. The number of unbranched alkanes of at least 4 members (excludes halogenated alkanes) is 9. The molecule has 0 saturated carbocycles. The molecule has 116 heavy (non-hydrogen) atoms. The van der Waals surface area contributed by atoms with Crippen LogP contribution in [0.25, 0.3) is 42.9 Å². The van der Waals surface area contributed by atoms with E-state index in [2.05, 4.69) is 270 Å². The summed E-state index contributed by atoms with van der Waals surface area (Å²) in [5.74, 6) is -1.23. The van der Waals surface area contributed by atoms with E-state index >= 15 is 0 Å². The first-order chi connectivity index (χ1) is 56.7. The number of nitrogens with zero attached hydrogens (tertiary/aromatic N) is 11. The van der Waals surface area contributed by atoms with Crippen molar-refractivity contribution in [1.29, 1.82) is 0 Å². The van der Waals surface area contributed by atoms with Gasteiger partial charge in [0.05, 0.1) is 71.8 Å². The summed E-state index contributed by atoms with van der Waals surface area (Å²) < 4.78 is 37.0. The van der Waals surface area contributed by atoms with E-state index in [0.29, 0.717) is 94.2 Å². The van der Waals surface area contributed by atoms with Crippen LogP contribution in [0.1, 0.15) is 163 Å². The first-order valence-electron chi connectivity index (χ1n) is 37.5. The third-order valence-corrected chi connectivity index (χ3v) is 30.9. The molecule has 31 heteroatoms. The molecular weight excluding hydrogens is 1890 g/mol. The van der Waals surface area contributed by atoms with E-state index in [4.69, 9.17) is 19.1 Å². The molecule has 6 amide bonds. The predicted octanol–water partition coefficient (Wildman–Crippen LogP) is 23.7. The van der Waals surface area contributed by atoms with E-state index < -0.39 is 15.8 Å². The summed E-state index contributed by atoms with van der Waals surface area (Å²) in [4.78, 5) is 84.9. The molecule has 5 aliphatic rings. The number of aryl methyl sites for hydroxylation is 1. The summed E-state index contributed by atoms with van der Waals surface area (Å²) in [6, 6.07) is 70.0. The third-order valence-electron chi connectivity index (χ3n) is 19.1. The summed E-state index contributed by atoms with van der Waals surface area (Å²) in [7, 11) is 8.74. The Kier molecular flexibility index (Phi) is 31.3. The maximum absolute atomic E-state index is 13.2. The Morgan fingerprint density at radius 2 is 0.621 bits per heavy atom. The molecule has 10 heterocycles. The van der Waals surface area contributed by atoms with Crippen molar-refractivity contribution in [1.82, 2.24) is 32.2 Å². The Morgan fingerprint density at radius 3 is 0.897 bits per heavy atom. The number of benzene rings is 8. The first kappa shape index (κ1) is 86.5. The fourth-order valence-corrected chi connectivity index (χ4v) is 25.2. The molecular formula is C85H75Br2Cl2N11O6P2PdS7. The Bertz CT molecular complexity index is 5280. The molecule has 0 unspecified atom stereocenters. The van der Waals surface area contributed by atoms with Gasteiger partial charge in [-0.15, -0.1) is 34.0 Å². The van der Waals surface area contributed by atoms with Crippen LogP contribution < -0.4 is 31.8 Å². The fraction of sp³-hybridized carbons (Fsp3) is 0.224. The summed E-state index contributed by atoms with van der Waals surface area (Å²) in [5, 5.41) is 8.39. The average Bonchev–Trinajstić information content (AvgIpc) is 1.55. The molecule has 5 aliphatic heterocycles. The normalized spacial score (nSPS) is 13.2. The topological polar surface area (TPSA) is 213 Å². The molecule has 0 atom stereocenters. The van der Waals surface area contributed by atoms with Gasteiger partial charge in [0, 0.05) is 45.4 Å². The third kappa shape index (κ3) is 19.6. The number of thiophene rings is 3. The van der Waals surface area contributed by atoms with Crippen LogP contribution in [0.3, 0.4) is 0 Å². The summed E-state index contributed by atoms with van der Waals surface area (Å²) in [6.45, 7) is 9.74. The zero-order valence-electron chi connectivity index (χ0n) is 63.1. The second kappa shape index (κ2) is 42.0. The van der Waals surface area contributed by atoms with Gasteiger partial charge in [-0.3, -0.25) is 43.5 Å². The number of carbonyl (C=O) groups is 6. The Labute approximate surface area is 736 Å². The van der Waals surface area contributed by atoms with Gasteiger partial charge in [0.25, 0.3) is 35.4 Å². The van der Waals surface area contributed by atoms with Crippen LogP contribution in [-0.4, -0.2) is 87.3 Å². The Hall–Kier alpha value is -7.38. The van der Waals surface area contributed by atoms with E-state index in [9.17, 15) is 28.8 Å². The van der Waals surface area contributed by atoms with Gasteiger partial charge in [-0.1, -0.05) is 261 Å². The van der Waals surface area contributed by atoms with E-state index in [-0.39, 0.29) is 51.4 Å². The van der Waals surface area contributed by atoms with Crippen molar-refractivity contribution < 1.29 is 44.7 Å². The molecule has 13 aromatic rings. The maximum Gasteiger partial charge on any atom is -0.0134 e. The van der Waals surface area contributed by atoms with E-state index in [1.807, 2.05) is 13.0 Å². The smallest absolute Gasteiger partial charge is 0.0134 e. The molecule has 0 fully saturated rings. The molecule has 0 aliphatic carbocycles. The van der Waals surface area contributed by atoms with E-state index in [1.54, 1.807) is 12.1 Å². The molecule has 596 valence electrons. The van der Waals surface area contributed by atoms with Gasteiger partial charge in [0.2, 0.25) is 0 Å². The van der Waals surface area contributed by atoms with Crippen molar-refractivity contribution in [2.24, 2.45) is 17.5 Å². The molecule has 5 aromatic heterocycles. The zero-order chi connectivity index (χ0) is 81.2. The number of halogens is 4. The summed E-state index contributed by atoms with van der Waals surface area (Å²) in [6.07, 6.45) is 12.2. The van der Waals surface area contributed by atoms with E-state index in [1.165, 1.54) is 104 Å². The number of imide groups is 3. The fourth-order valence-electron chi connectivity index (χ4n) is 13.5. The predicted molar refractivity (Wildman–Crippen MR) is 490 cm³/mol. The van der Waals surface area contributed by atoms with Crippen molar-refractivity contribution in [3.8, 4) is 20.9 Å².